The number of hydrogen-bond donors (Lipinski definition) is 1. The quantitative estimate of drug-likeness (QED) is 0.734. The van der Waals surface area contributed by atoms with Gasteiger partial charge in [-0.1, -0.05) is 0 Å². The van der Waals surface area contributed by atoms with Gasteiger partial charge in [-0.2, -0.15) is 15.0 Å². The molecule has 1 amide bonds. The molecule has 1 fully saturated rings. The Kier molecular flexibility index (Phi) is 4.61. The van der Waals surface area contributed by atoms with Gasteiger partial charge < -0.3 is 15.0 Å². The van der Waals surface area contributed by atoms with Gasteiger partial charge in [0, 0.05) is 18.7 Å². The predicted molar refractivity (Wildman–Crippen MR) is 98.6 cm³/mol. The first-order valence-electron chi connectivity index (χ1n) is 8.38. The van der Waals surface area contributed by atoms with Crippen LogP contribution < -0.4 is 15.0 Å². The fourth-order valence-electron chi connectivity index (χ4n) is 2.87. The number of fused-ring (bicyclic) bond motifs is 1. The average molecular weight is 370 g/mol. The monoisotopic (exact) mass is 370 g/mol. The van der Waals surface area contributed by atoms with Crippen molar-refractivity contribution in [3.05, 3.63) is 35.1 Å². The van der Waals surface area contributed by atoms with E-state index in [9.17, 15) is 4.79 Å². The van der Waals surface area contributed by atoms with E-state index in [0.29, 0.717) is 17.3 Å². The normalized spacial score (nSPS) is 14.0. The Bertz CT molecular complexity index is 938. The molecule has 134 valence electrons. The van der Waals surface area contributed by atoms with E-state index in [4.69, 9.17) is 4.74 Å². The van der Waals surface area contributed by atoms with Gasteiger partial charge in [-0.25, -0.2) is 4.98 Å². The Balaban J connectivity index is 1.49. The molecule has 0 radical (unpaired) electrons. The third kappa shape index (κ3) is 3.43. The molecular formula is C17H18N6O2S. The number of aromatic nitrogens is 4. The summed E-state index contributed by atoms with van der Waals surface area (Å²) >= 11 is 1.51. The van der Waals surface area contributed by atoms with Crippen molar-refractivity contribution < 1.29 is 9.53 Å². The summed E-state index contributed by atoms with van der Waals surface area (Å²) in [7, 11) is 1.52. The molecule has 1 aliphatic heterocycles. The Hall–Kier alpha value is -2.81. The number of thiazole rings is 1. The van der Waals surface area contributed by atoms with Gasteiger partial charge >= 0.3 is 6.01 Å². The van der Waals surface area contributed by atoms with E-state index in [-0.39, 0.29) is 18.5 Å². The molecular weight excluding hydrogens is 352 g/mol. The highest BCUT2D eigenvalue weighted by atomic mass is 32.1. The number of rotatable bonds is 5. The highest BCUT2D eigenvalue weighted by molar-refractivity contribution is 7.16. The Labute approximate surface area is 154 Å². The topological polar surface area (TPSA) is 93.1 Å². The molecule has 4 rings (SSSR count). The molecule has 8 nitrogen and oxygen atoms in total. The number of methoxy groups -OCH3 is 1. The average Bonchev–Trinajstić information content (AvgIpc) is 3.36. The molecule has 0 atom stereocenters. The fraction of sp³-hybridized carbons (Fsp3) is 0.353. The lowest BCUT2D eigenvalue weighted by atomic mass is 10.2. The molecule has 0 spiro atoms. The molecule has 1 N–H and O–H groups in total. The van der Waals surface area contributed by atoms with Crippen LogP contribution in [0.5, 0.6) is 6.01 Å². The molecule has 0 unspecified atom stereocenters. The molecule has 26 heavy (non-hydrogen) atoms. The van der Waals surface area contributed by atoms with E-state index in [1.807, 2.05) is 12.1 Å². The number of hydrogen-bond acceptors (Lipinski definition) is 8. The van der Waals surface area contributed by atoms with Crippen LogP contribution in [0.2, 0.25) is 0 Å². The maximum atomic E-state index is 12.4. The Morgan fingerprint density at radius 1 is 1.27 bits per heavy atom. The van der Waals surface area contributed by atoms with Crippen molar-refractivity contribution >= 4 is 33.4 Å². The number of carbonyl (C=O) groups is 1. The van der Waals surface area contributed by atoms with Gasteiger partial charge in [0.05, 0.1) is 29.4 Å². The lowest BCUT2D eigenvalue weighted by Gasteiger charge is -2.16. The van der Waals surface area contributed by atoms with Crippen LogP contribution in [0.3, 0.4) is 0 Å². The maximum absolute atomic E-state index is 12.4. The van der Waals surface area contributed by atoms with Gasteiger partial charge in [0.2, 0.25) is 5.95 Å². The summed E-state index contributed by atoms with van der Waals surface area (Å²) in [6.45, 7) is 2.06. The molecule has 2 aromatic heterocycles. The second kappa shape index (κ2) is 7.20. The summed E-state index contributed by atoms with van der Waals surface area (Å²) in [5, 5.41) is 2.86. The van der Waals surface area contributed by atoms with Crippen LogP contribution in [0.25, 0.3) is 10.2 Å². The largest absolute Gasteiger partial charge is 0.467 e. The lowest BCUT2D eigenvalue weighted by molar-refractivity contribution is 0.0950. The smallest absolute Gasteiger partial charge is 0.321 e. The first-order valence-corrected chi connectivity index (χ1v) is 9.26. The van der Waals surface area contributed by atoms with Crippen LogP contribution >= 0.6 is 11.3 Å². The summed E-state index contributed by atoms with van der Waals surface area (Å²) < 4.78 is 6.16. The number of nitrogens with zero attached hydrogens (tertiary/aromatic N) is 5. The number of ether oxygens (including phenoxy) is 1. The summed E-state index contributed by atoms with van der Waals surface area (Å²) in [4.78, 5) is 31.8. The zero-order chi connectivity index (χ0) is 17.9. The van der Waals surface area contributed by atoms with Crippen LogP contribution in [0.15, 0.2) is 23.7 Å². The minimum absolute atomic E-state index is 0.178. The Morgan fingerprint density at radius 3 is 2.92 bits per heavy atom. The molecule has 0 bridgehead atoms. The third-order valence-electron chi connectivity index (χ3n) is 4.22. The van der Waals surface area contributed by atoms with E-state index < -0.39 is 0 Å². The van der Waals surface area contributed by atoms with Crippen molar-refractivity contribution in [2.45, 2.75) is 19.4 Å². The van der Waals surface area contributed by atoms with Crippen LogP contribution in [-0.4, -0.2) is 46.0 Å². The van der Waals surface area contributed by atoms with Crippen LogP contribution in [0, 0.1) is 0 Å². The number of nitrogens with one attached hydrogen (secondary N) is 1. The van der Waals surface area contributed by atoms with Gasteiger partial charge in [-0.3, -0.25) is 4.79 Å². The standard InChI is InChI=1S/C17H18N6O2S/c1-25-17-21-14(20-16(22-17)23-6-2-3-7-23)9-18-15(24)11-4-5-12-13(8-11)26-10-19-12/h4-5,8,10H,2-3,6-7,9H2,1H3,(H,18,24). The van der Waals surface area contributed by atoms with Gasteiger partial charge in [0.15, 0.2) is 5.82 Å². The minimum atomic E-state index is -0.178. The van der Waals surface area contributed by atoms with Gasteiger partial charge in [0.25, 0.3) is 5.91 Å². The zero-order valence-electron chi connectivity index (χ0n) is 14.3. The molecule has 1 saturated heterocycles. The van der Waals surface area contributed by atoms with E-state index in [0.717, 1.165) is 36.1 Å². The minimum Gasteiger partial charge on any atom is -0.467 e. The SMILES string of the molecule is COc1nc(CNC(=O)c2ccc3ncsc3c2)nc(N2CCCC2)n1. The molecule has 0 saturated carbocycles. The van der Waals surface area contributed by atoms with Crippen molar-refractivity contribution in [2.24, 2.45) is 0 Å². The summed E-state index contributed by atoms with van der Waals surface area (Å²) in [5.74, 6) is 0.901. The van der Waals surface area contributed by atoms with E-state index in [2.05, 4.69) is 30.2 Å². The first kappa shape index (κ1) is 16.6. The molecule has 1 aromatic carbocycles. The van der Waals surface area contributed by atoms with Crippen molar-refractivity contribution in [2.75, 3.05) is 25.1 Å². The summed E-state index contributed by atoms with van der Waals surface area (Å²) in [6, 6.07) is 5.71. The second-order valence-electron chi connectivity index (χ2n) is 5.95. The van der Waals surface area contributed by atoms with E-state index in [1.165, 1.54) is 18.4 Å². The van der Waals surface area contributed by atoms with Gasteiger partial charge in [-0.15, -0.1) is 11.3 Å². The van der Waals surface area contributed by atoms with Crippen LogP contribution in [0.4, 0.5) is 5.95 Å². The number of carbonyl (C=O) groups excluding carboxylic acids is 1. The number of anilines is 1. The fourth-order valence-corrected chi connectivity index (χ4v) is 3.59. The molecule has 3 heterocycles. The highest BCUT2D eigenvalue weighted by Gasteiger charge is 2.18. The maximum Gasteiger partial charge on any atom is 0.321 e. The molecule has 1 aliphatic rings. The van der Waals surface area contributed by atoms with Crippen LogP contribution in [0.1, 0.15) is 29.0 Å². The summed E-state index contributed by atoms with van der Waals surface area (Å²) in [6.07, 6.45) is 2.25. The van der Waals surface area contributed by atoms with Crippen molar-refractivity contribution in [3.8, 4) is 6.01 Å². The second-order valence-corrected chi connectivity index (χ2v) is 6.84. The van der Waals surface area contributed by atoms with Gasteiger partial charge in [-0.05, 0) is 31.0 Å². The van der Waals surface area contributed by atoms with Gasteiger partial charge in [0.1, 0.15) is 0 Å². The number of benzene rings is 1. The predicted octanol–water partition coefficient (Wildman–Crippen LogP) is 2.02. The zero-order valence-corrected chi connectivity index (χ0v) is 15.1. The van der Waals surface area contributed by atoms with Crippen molar-refractivity contribution in [1.82, 2.24) is 25.3 Å². The molecule has 9 heteroatoms. The third-order valence-corrected chi connectivity index (χ3v) is 5.01. The van der Waals surface area contributed by atoms with Crippen molar-refractivity contribution in [1.29, 1.82) is 0 Å². The molecule has 3 aromatic rings. The van der Waals surface area contributed by atoms with Crippen molar-refractivity contribution in [3.63, 3.8) is 0 Å². The first-order chi connectivity index (χ1) is 12.7. The summed E-state index contributed by atoms with van der Waals surface area (Å²) in [5.41, 5.74) is 3.25. The van der Waals surface area contributed by atoms with Crippen LogP contribution in [-0.2, 0) is 6.54 Å². The lowest BCUT2D eigenvalue weighted by Crippen LogP contribution is -2.26. The highest BCUT2D eigenvalue weighted by Crippen LogP contribution is 2.20. The number of amides is 1. The molecule has 0 aliphatic carbocycles. The van der Waals surface area contributed by atoms with E-state index >= 15 is 0 Å². The van der Waals surface area contributed by atoms with E-state index in [1.54, 1.807) is 11.6 Å². The Morgan fingerprint density at radius 2 is 2.12 bits per heavy atom.